The number of aliphatic hydroxyl groups excluding tert-OH is 1. The molecule has 0 radical (unpaired) electrons. The van der Waals surface area contributed by atoms with Crippen LogP contribution in [0.25, 0.3) is 0 Å². The molecule has 116 valence electrons. The summed E-state index contributed by atoms with van der Waals surface area (Å²) in [5.41, 5.74) is 2.34. The molecule has 0 bridgehead atoms. The van der Waals surface area contributed by atoms with Crippen LogP contribution >= 0.6 is 11.8 Å². The molecule has 2 rings (SSSR count). The first-order chi connectivity index (χ1) is 10.0. The molecular weight excluding hydrogens is 282 g/mol. The van der Waals surface area contributed by atoms with Gasteiger partial charge in [-0.25, -0.2) is 0 Å². The van der Waals surface area contributed by atoms with Crippen LogP contribution in [-0.2, 0) is 11.2 Å². The largest absolute Gasteiger partial charge is 0.396 e. The lowest BCUT2D eigenvalue weighted by molar-refractivity contribution is -0.118. The van der Waals surface area contributed by atoms with Crippen molar-refractivity contribution in [3.05, 3.63) is 29.8 Å². The van der Waals surface area contributed by atoms with Gasteiger partial charge in [0.1, 0.15) is 0 Å². The van der Waals surface area contributed by atoms with Crippen molar-refractivity contribution in [2.45, 2.75) is 44.9 Å². The second-order valence-corrected chi connectivity index (χ2v) is 7.36. The van der Waals surface area contributed by atoms with Crippen molar-refractivity contribution in [3.63, 3.8) is 0 Å². The van der Waals surface area contributed by atoms with Crippen molar-refractivity contribution in [1.29, 1.82) is 0 Å². The van der Waals surface area contributed by atoms with E-state index in [0.717, 1.165) is 24.3 Å². The maximum absolute atomic E-state index is 12.8. The van der Waals surface area contributed by atoms with Gasteiger partial charge in [0.15, 0.2) is 0 Å². The molecule has 1 amide bonds. The third-order valence-corrected chi connectivity index (χ3v) is 5.51. The van der Waals surface area contributed by atoms with E-state index in [0.29, 0.717) is 0 Å². The minimum absolute atomic E-state index is 0.0763. The van der Waals surface area contributed by atoms with Gasteiger partial charge in [-0.2, -0.15) is 0 Å². The molecule has 4 heteroatoms. The average molecular weight is 307 g/mol. The number of carbonyl (C=O) groups excluding carboxylic acids is 1. The molecule has 3 unspecified atom stereocenters. The van der Waals surface area contributed by atoms with Crippen molar-refractivity contribution in [3.8, 4) is 0 Å². The molecule has 0 aromatic heterocycles. The van der Waals surface area contributed by atoms with E-state index >= 15 is 0 Å². The molecule has 0 saturated carbocycles. The fourth-order valence-electron chi connectivity index (χ4n) is 2.65. The number of nitrogens with zero attached hydrogens (tertiary/aromatic N) is 1. The summed E-state index contributed by atoms with van der Waals surface area (Å²) in [6.07, 6.45) is 2.07. The summed E-state index contributed by atoms with van der Waals surface area (Å²) in [6.45, 7) is 6.28. The highest BCUT2D eigenvalue weighted by Crippen LogP contribution is 2.32. The van der Waals surface area contributed by atoms with Gasteiger partial charge in [-0.1, -0.05) is 25.1 Å². The number of para-hydroxylation sites is 1. The van der Waals surface area contributed by atoms with Gasteiger partial charge in [-0.3, -0.25) is 4.79 Å². The first-order valence-corrected chi connectivity index (χ1v) is 8.73. The minimum Gasteiger partial charge on any atom is -0.396 e. The van der Waals surface area contributed by atoms with Crippen LogP contribution in [-0.4, -0.2) is 34.7 Å². The Labute approximate surface area is 131 Å². The molecule has 0 saturated heterocycles. The monoisotopic (exact) mass is 307 g/mol. The smallest absolute Gasteiger partial charge is 0.240 e. The van der Waals surface area contributed by atoms with E-state index in [1.54, 1.807) is 11.8 Å². The van der Waals surface area contributed by atoms with E-state index in [2.05, 4.69) is 19.1 Å². The highest BCUT2D eigenvalue weighted by Gasteiger charge is 2.30. The van der Waals surface area contributed by atoms with Crippen LogP contribution in [0.2, 0.25) is 0 Å². The normalized spacial score (nSPS) is 20.8. The average Bonchev–Trinajstić information content (AvgIpc) is 2.51. The van der Waals surface area contributed by atoms with Crippen LogP contribution in [0.15, 0.2) is 24.3 Å². The van der Waals surface area contributed by atoms with E-state index in [1.165, 1.54) is 5.56 Å². The van der Waals surface area contributed by atoms with Crippen LogP contribution in [0.5, 0.6) is 0 Å². The highest BCUT2D eigenvalue weighted by atomic mass is 32.2. The van der Waals surface area contributed by atoms with Gasteiger partial charge in [0.05, 0.1) is 5.25 Å². The Morgan fingerprint density at radius 2 is 2.14 bits per heavy atom. The van der Waals surface area contributed by atoms with E-state index in [-0.39, 0.29) is 29.7 Å². The van der Waals surface area contributed by atoms with Crippen molar-refractivity contribution >= 4 is 23.4 Å². The Hall–Kier alpha value is -1.00. The van der Waals surface area contributed by atoms with Crippen molar-refractivity contribution in [2.75, 3.05) is 17.3 Å². The van der Waals surface area contributed by atoms with Crippen LogP contribution in [0.3, 0.4) is 0 Å². The number of thioether (sulfide) groups is 1. The number of hydrogen-bond donors (Lipinski definition) is 1. The zero-order valence-electron chi connectivity index (χ0n) is 13.1. The SMILES string of the molecule is CC(CO)CSC(C)C(=O)N1c2ccccc2CCC1C. The topological polar surface area (TPSA) is 40.5 Å². The molecule has 0 aliphatic carbocycles. The number of aliphatic hydroxyl groups is 1. The lowest BCUT2D eigenvalue weighted by Crippen LogP contribution is -2.45. The van der Waals surface area contributed by atoms with E-state index in [9.17, 15) is 4.79 Å². The fourth-order valence-corrected chi connectivity index (χ4v) is 3.63. The van der Waals surface area contributed by atoms with E-state index < -0.39 is 0 Å². The Kier molecular flexibility index (Phi) is 5.71. The molecule has 1 aliphatic rings. The summed E-state index contributed by atoms with van der Waals surface area (Å²) in [6, 6.07) is 8.47. The van der Waals surface area contributed by atoms with Gasteiger partial charge >= 0.3 is 0 Å². The number of anilines is 1. The summed E-state index contributed by atoms with van der Waals surface area (Å²) in [5.74, 6) is 1.23. The lowest BCUT2D eigenvalue weighted by Gasteiger charge is -2.36. The van der Waals surface area contributed by atoms with Crippen LogP contribution in [0.1, 0.15) is 32.8 Å². The third-order valence-electron chi connectivity index (χ3n) is 4.05. The molecule has 1 heterocycles. The van der Waals surface area contributed by atoms with E-state index in [1.807, 2.05) is 30.9 Å². The predicted octanol–water partition coefficient (Wildman–Crippen LogP) is 3.10. The summed E-state index contributed by atoms with van der Waals surface area (Å²) >= 11 is 1.64. The second-order valence-electron chi connectivity index (χ2n) is 5.99. The molecular formula is C17H25NO2S. The molecule has 1 N–H and O–H groups in total. The number of aryl methyl sites for hydroxylation is 1. The Morgan fingerprint density at radius 1 is 1.43 bits per heavy atom. The Bertz CT molecular complexity index is 491. The number of fused-ring (bicyclic) bond motifs is 1. The molecule has 1 aliphatic heterocycles. The standard InChI is InChI=1S/C17H25NO2S/c1-12(10-19)11-21-14(3)17(20)18-13(2)8-9-15-6-4-5-7-16(15)18/h4-7,12-14,19H,8-11H2,1-3H3. The fraction of sp³-hybridized carbons (Fsp3) is 0.588. The molecule has 1 aromatic rings. The van der Waals surface area contributed by atoms with Gasteiger partial charge in [0.2, 0.25) is 5.91 Å². The predicted molar refractivity (Wildman–Crippen MR) is 89.9 cm³/mol. The van der Waals surface area contributed by atoms with Gasteiger partial charge in [-0.15, -0.1) is 11.8 Å². The van der Waals surface area contributed by atoms with Gasteiger partial charge < -0.3 is 10.0 Å². The summed E-state index contributed by atoms with van der Waals surface area (Å²) in [7, 11) is 0. The van der Waals surface area contributed by atoms with E-state index in [4.69, 9.17) is 5.11 Å². The molecule has 0 fully saturated rings. The number of hydrogen-bond acceptors (Lipinski definition) is 3. The maximum atomic E-state index is 12.8. The van der Waals surface area contributed by atoms with Gasteiger partial charge in [0.25, 0.3) is 0 Å². The quantitative estimate of drug-likeness (QED) is 0.908. The van der Waals surface area contributed by atoms with Crippen molar-refractivity contribution < 1.29 is 9.90 Å². The Morgan fingerprint density at radius 3 is 2.86 bits per heavy atom. The minimum atomic E-state index is -0.0763. The number of benzene rings is 1. The number of rotatable bonds is 5. The maximum Gasteiger partial charge on any atom is 0.240 e. The summed E-state index contributed by atoms with van der Waals surface area (Å²) < 4.78 is 0. The zero-order chi connectivity index (χ0) is 15.4. The highest BCUT2D eigenvalue weighted by molar-refractivity contribution is 8.00. The second kappa shape index (κ2) is 7.32. The molecule has 0 spiro atoms. The van der Waals surface area contributed by atoms with Crippen molar-refractivity contribution in [2.24, 2.45) is 5.92 Å². The van der Waals surface area contributed by atoms with Gasteiger partial charge in [-0.05, 0) is 50.0 Å². The van der Waals surface area contributed by atoms with Crippen LogP contribution < -0.4 is 4.90 Å². The Balaban J connectivity index is 2.11. The van der Waals surface area contributed by atoms with Crippen molar-refractivity contribution in [1.82, 2.24) is 0 Å². The van der Waals surface area contributed by atoms with Gasteiger partial charge in [0, 0.05) is 18.3 Å². The first-order valence-electron chi connectivity index (χ1n) is 7.68. The lowest BCUT2D eigenvalue weighted by atomic mass is 9.96. The number of amides is 1. The molecule has 21 heavy (non-hydrogen) atoms. The third kappa shape index (κ3) is 3.80. The molecule has 1 aromatic carbocycles. The van der Waals surface area contributed by atoms with Crippen LogP contribution in [0, 0.1) is 5.92 Å². The summed E-state index contributed by atoms with van der Waals surface area (Å²) in [5, 5.41) is 9.02. The molecule has 3 nitrogen and oxygen atoms in total. The summed E-state index contributed by atoms with van der Waals surface area (Å²) in [4.78, 5) is 14.8. The number of carbonyl (C=O) groups is 1. The molecule has 3 atom stereocenters. The first kappa shape index (κ1) is 16.4. The zero-order valence-corrected chi connectivity index (χ0v) is 13.9. The van der Waals surface area contributed by atoms with Crippen LogP contribution in [0.4, 0.5) is 5.69 Å².